The van der Waals surface area contributed by atoms with Gasteiger partial charge in [-0.2, -0.15) is 0 Å². The highest BCUT2D eigenvalue weighted by Gasteiger charge is 2.18. The monoisotopic (exact) mass is 312 g/mol. The number of hydrogen-bond acceptors (Lipinski definition) is 4. The van der Waals surface area contributed by atoms with Gasteiger partial charge in [0.15, 0.2) is 0 Å². The van der Waals surface area contributed by atoms with Gasteiger partial charge in [0.1, 0.15) is 5.82 Å². The van der Waals surface area contributed by atoms with E-state index in [1.807, 2.05) is 19.1 Å². The van der Waals surface area contributed by atoms with E-state index in [0.29, 0.717) is 18.2 Å². The van der Waals surface area contributed by atoms with Crippen LogP contribution in [0.15, 0.2) is 42.7 Å². The lowest BCUT2D eigenvalue weighted by atomic mass is 9.99. The lowest BCUT2D eigenvalue weighted by Gasteiger charge is -2.18. The second-order valence-electron chi connectivity index (χ2n) is 6.03. The molecule has 0 saturated heterocycles. The van der Waals surface area contributed by atoms with Crippen molar-refractivity contribution in [2.75, 3.05) is 0 Å². The number of nitrogens with one attached hydrogen (secondary N) is 1. The molecule has 0 radical (unpaired) electrons. The summed E-state index contributed by atoms with van der Waals surface area (Å²) in [7, 11) is 0. The summed E-state index contributed by atoms with van der Waals surface area (Å²) in [5, 5.41) is 2.95. The predicted octanol–water partition coefficient (Wildman–Crippen LogP) is 2.35. The van der Waals surface area contributed by atoms with Gasteiger partial charge in [-0.25, -0.2) is 9.97 Å². The molecule has 2 atom stereocenters. The first-order valence-corrected chi connectivity index (χ1v) is 7.89. The Labute approximate surface area is 137 Å². The molecular weight excluding hydrogens is 288 g/mol. The molecule has 0 fully saturated rings. The zero-order chi connectivity index (χ0) is 16.8. The molecule has 0 aliphatic rings. The van der Waals surface area contributed by atoms with Crippen molar-refractivity contribution >= 4 is 5.91 Å². The molecule has 0 aliphatic heterocycles. The van der Waals surface area contributed by atoms with E-state index in [9.17, 15) is 4.79 Å². The smallest absolute Gasteiger partial charge is 0.237 e. The number of hydrogen-bond donors (Lipinski definition) is 2. The Morgan fingerprint density at radius 3 is 2.22 bits per heavy atom. The van der Waals surface area contributed by atoms with Gasteiger partial charge in [-0.05, 0) is 30.0 Å². The third-order valence-electron chi connectivity index (χ3n) is 3.82. The molecule has 5 nitrogen and oxygen atoms in total. The van der Waals surface area contributed by atoms with Crippen LogP contribution in [0.5, 0.6) is 0 Å². The second kappa shape index (κ2) is 7.83. The molecule has 2 rings (SSSR count). The summed E-state index contributed by atoms with van der Waals surface area (Å²) in [4.78, 5) is 20.4. The third kappa shape index (κ3) is 4.86. The number of benzene rings is 1. The Balaban J connectivity index is 1.93. The topological polar surface area (TPSA) is 80.9 Å². The molecule has 0 aliphatic carbocycles. The van der Waals surface area contributed by atoms with E-state index in [4.69, 9.17) is 5.73 Å². The van der Waals surface area contributed by atoms with Crippen LogP contribution in [0.25, 0.3) is 0 Å². The highest BCUT2D eigenvalue weighted by molar-refractivity contribution is 5.82. The van der Waals surface area contributed by atoms with Crippen molar-refractivity contribution in [3.8, 4) is 0 Å². The number of nitrogens with two attached hydrogens (primary N) is 1. The fourth-order valence-corrected chi connectivity index (χ4v) is 2.30. The van der Waals surface area contributed by atoms with Crippen LogP contribution >= 0.6 is 0 Å². The van der Waals surface area contributed by atoms with Crippen LogP contribution in [0.2, 0.25) is 0 Å². The van der Waals surface area contributed by atoms with E-state index in [-0.39, 0.29) is 11.9 Å². The van der Waals surface area contributed by atoms with E-state index >= 15 is 0 Å². The fraction of sp³-hybridized carbons (Fsp3) is 0.389. The predicted molar refractivity (Wildman–Crippen MR) is 90.8 cm³/mol. The van der Waals surface area contributed by atoms with Gasteiger partial charge >= 0.3 is 0 Å². The molecule has 1 aromatic heterocycles. The quantitative estimate of drug-likeness (QED) is 0.858. The van der Waals surface area contributed by atoms with Crippen molar-refractivity contribution in [2.24, 2.45) is 5.73 Å². The van der Waals surface area contributed by atoms with Crippen molar-refractivity contribution in [1.82, 2.24) is 15.3 Å². The summed E-state index contributed by atoms with van der Waals surface area (Å²) in [6.07, 6.45) is 3.61. The maximum absolute atomic E-state index is 12.2. The van der Waals surface area contributed by atoms with Crippen LogP contribution in [-0.2, 0) is 11.2 Å². The summed E-state index contributed by atoms with van der Waals surface area (Å²) in [5.41, 5.74) is 8.29. The molecule has 0 saturated carbocycles. The standard InChI is InChI=1S/C18H24N4O/c1-12(2)14-5-7-15(8-6-14)13(3)22-18(23)16(19)11-17-20-9-4-10-21-17/h4-10,12-13,16H,11,19H2,1-3H3,(H,22,23). The maximum atomic E-state index is 12.2. The molecule has 2 unspecified atom stereocenters. The van der Waals surface area contributed by atoms with E-state index in [1.54, 1.807) is 18.5 Å². The van der Waals surface area contributed by atoms with Gasteiger partial charge < -0.3 is 11.1 Å². The number of nitrogens with zero attached hydrogens (tertiary/aromatic N) is 2. The average Bonchev–Trinajstić information content (AvgIpc) is 2.55. The van der Waals surface area contributed by atoms with Crippen molar-refractivity contribution in [2.45, 2.75) is 45.2 Å². The zero-order valence-electron chi connectivity index (χ0n) is 13.9. The van der Waals surface area contributed by atoms with Gasteiger partial charge in [-0.15, -0.1) is 0 Å². The Bertz CT molecular complexity index is 625. The van der Waals surface area contributed by atoms with Gasteiger partial charge in [0.2, 0.25) is 5.91 Å². The van der Waals surface area contributed by atoms with Crippen LogP contribution in [0.1, 0.15) is 49.7 Å². The van der Waals surface area contributed by atoms with Crippen LogP contribution < -0.4 is 11.1 Å². The first-order valence-electron chi connectivity index (χ1n) is 7.89. The van der Waals surface area contributed by atoms with Gasteiger partial charge in [-0.1, -0.05) is 38.1 Å². The molecule has 1 amide bonds. The molecule has 5 heteroatoms. The first kappa shape index (κ1) is 17.1. The summed E-state index contributed by atoms with van der Waals surface area (Å²) >= 11 is 0. The Kier molecular flexibility index (Phi) is 5.82. The lowest BCUT2D eigenvalue weighted by Crippen LogP contribution is -2.43. The second-order valence-corrected chi connectivity index (χ2v) is 6.03. The normalized spacial score (nSPS) is 13.6. The van der Waals surface area contributed by atoms with E-state index in [0.717, 1.165) is 5.56 Å². The maximum Gasteiger partial charge on any atom is 0.237 e. The number of amides is 1. The van der Waals surface area contributed by atoms with Crippen LogP contribution in [0, 0.1) is 0 Å². The average molecular weight is 312 g/mol. The highest BCUT2D eigenvalue weighted by Crippen LogP contribution is 2.18. The molecule has 0 bridgehead atoms. The molecule has 3 N–H and O–H groups in total. The SMILES string of the molecule is CC(C)c1ccc(C(C)NC(=O)C(N)Cc2ncccn2)cc1. The number of rotatable bonds is 6. The summed E-state index contributed by atoms with van der Waals surface area (Å²) in [6, 6.07) is 9.28. The summed E-state index contributed by atoms with van der Waals surface area (Å²) in [5.74, 6) is 0.871. The number of carbonyl (C=O) groups excluding carboxylic acids is 1. The number of carbonyl (C=O) groups is 1. The summed E-state index contributed by atoms with van der Waals surface area (Å²) < 4.78 is 0. The minimum absolute atomic E-state index is 0.0912. The number of aromatic nitrogens is 2. The van der Waals surface area contributed by atoms with E-state index in [1.165, 1.54) is 5.56 Å². The van der Waals surface area contributed by atoms with Gasteiger partial charge in [0.25, 0.3) is 0 Å². The minimum atomic E-state index is -0.658. The molecule has 2 aromatic rings. The van der Waals surface area contributed by atoms with Crippen LogP contribution in [-0.4, -0.2) is 21.9 Å². The van der Waals surface area contributed by atoms with E-state index in [2.05, 4.69) is 41.3 Å². The van der Waals surface area contributed by atoms with E-state index < -0.39 is 6.04 Å². The third-order valence-corrected chi connectivity index (χ3v) is 3.82. The Hall–Kier alpha value is -2.27. The fourth-order valence-electron chi connectivity index (χ4n) is 2.30. The molecule has 1 heterocycles. The van der Waals surface area contributed by atoms with Crippen LogP contribution in [0.4, 0.5) is 0 Å². The highest BCUT2D eigenvalue weighted by atomic mass is 16.2. The molecule has 0 spiro atoms. The first-order chi connectivity index (χ1) is 11.0. The lowest BCUT2D eigenvalue weighted by molar-refractivity contribution is -0.123. The minimum Gasteiger partial charge on any atom is -0.348 e. The molecule has 1 aromatic carbocycles. The Morgan fingerprint density at radius 1 is 1.09 bits per heavy atom. The molecule has 23 heavy (non-hydrogen) atoms. The Morgan fingerprint density at radius 2 is 1.65 bits per heavy atom. The van der Waals surface area contributed by atoms with Gasteiger partial charge in [0, 0.05) is 18.8 Å². The zero-order valence-corrected chi connectivity index (χ0v) is 13.9. The van der Waals surface area contributed by atoms with Crippen molar-refractivity contribution < 1.29 is 4.79 Å². The largest absolute Gasteiger partial charge is 0.348 e. The van der Waals surface area contributed by atoms with Crippen molar-refractivity contribution in [3.05, 3.63) is 59.7 Å². The van der Waals surface area contributed by atoms with Gasteiger partial charge in [-0.3, -0.25) is 4.79 Å². The summed E-state index contributed by atoms with van der Waals surface area (Å²) in [6.45, 7) is 6.27. The molecule has 122 valence electrons. The van der Waals surface area contributed by atoms with Crippen molar-refractivity contribution in [3.63, 3.8) is 0 Å². The molecular formula is C18H24N4O. The van der Waals surface area contributed by atoms with Gasteiger partial charge in [0.05, 0.1) is 12.1 Å². The van der Waals surface area contributed by atoms with Crippen LogP contribution in [0.3, 0.4) is 0 Å². The van der Waals surface area contributed by atoms with Crippen molar-refractivity contribution in [1.29, 1.82) is 0 Å².